The van der Waals surface area contributed by atoms with Crippen LogP contribution in [0.5, 0.6) is 0 Å². The fourth-order valence-electron chi connectivity index (χ4n) is 3.39. The number of hydrogen-bond acceptors (Lipinski definition) is 5. The Bertz CT molecular complexity index is 961. The highest BCUT2D eigenvalue weighted by Gasteiger charge is 2.27. The fourth-order valence-corrected chi connectivity index (χ4v) is 3.39. The number of hydrogen-bond donors (Lipinski definition) is 1. The highest BCUT2D eigenvalue weighted by atomic mass is 16.5. The number of rotatable bonds is 3. The van der Waals surface area contributed by atoms with Crippen molar-refractivity contribution in [3.8, 4) is 0 Å². The van der Waals surface area contributed by atoms with Gasteiger partial charge in [-0.1, -0.05) is 12.1 Å². The molecule has 1 N–H and O–H groups in total. The highest BCUT2D eigenvalue weighted by molar-refractivity contribution is 5.75. The maximum Gasteiger partial charge on any atom is 0.251 e. The van der Waals surface area contributed by atoms with Gasteiger partial charge < -0.3 is 14.3 Å². The van der Waals surface area contributed by atoms with Crippen molar-refractivity contribution in [3.63, 3.8) is 0 Å². The minimum atomic E-state index is -0.129. The van der Waals surface area contributed by atoms with E-state index in [1.807, 2.05) is 25.2 Å². The predicted octanol–water partition coefficient (Wildman–Crippen LogP) is 1.54. The number of imidazole rings is 1. The molecule has 1 aliphatic heterocycles. The first kappa shape index (κ1) is 16.0. The molecule has 1 aromatic carbocycles. The van der Waals surface area contributed by atoms with Crippen LogP contribution in [0.25, 0.3) is 11.0 Å². The molecule has 1 saturated heterocycles. The van der Waals surface area contributed by atoms with E-state index in [4.69, 9.17) is 9.72 Å². The van der Waals surface area contributed by atoms with E-state index in [9.17, 15) is 4.79 Å². The fraction of sp³-hybridized carbons (Fsp3) is 0.389. The van der Waals surface area contributed by atoms with Crippen molar-refractivity contribution in [2.24, 2.45) is 7.05 Å². The average molecular weight is 339 g/mol. The van der Waals surface area contributed by atoms with Crippen molar-refractivity contribution in [2.75, 3.05) is 19.8 Å². The van der Waals surface area contributed by atoms with E-state index in [1.165, 1.54) is 0 Å². The van der Waals surface area contributed by atoms with Gasteiger partial charge in [0.05, 0.1) is 42.5 Å². The van der Waals surface area contributed by atoms with E-state index >= 15 is 0 Å². The van der Waals surface area contributed by atoms with Gasteiger partial charge in [-0.15, -0.1) is 0 Å². The molecule has 3 heterocycles. The summed E-state index contributed by atoms with van der Waals surface area (Å²) in [6, 6.07) is 9.64. The third kappa shape index (κ3) is 3.08. The number of nitrogens with zero attached hydrogens (tertiary/aromatic N) is 4. The molecule has 0 bridgehead atoms. The van der Waals surface area contributed by atoms with Crippen LogP contribution in [0, 0.1) is 6.92 Å². The van der Waals surface area contributed by atoms with Crippen LogP contribution >= 0.6 is 0 Å². The molecule has 4 rings (SSSR count). The van der Waals surface area contributed by atoms with Crippen LogP contribution in [0.3, 0.4) is 0 Å². The van der Waals surface area contributed by atoms with Gasteiger partial charge in [0.15, 0.2) is 0 Å². The zero-order valence-corrected chi connectivity index (χ0v) is 14.4. The van der Waals surface area contributed by atoms with Crippen molar-refractivity contribution in [3.05, 3.63) is 58.0 Å². The van der Waals surface area contributed by atoms with Gasteiger partial charge in [0, 0.05) is 19.7 Å². The van der Waals surface area contributed by atoms with Crippen molar-refractivity contribution >= 4 is 11.0 Å². The summed E-state index contributed by atoms with van der Waals surface area (Å²) in [4.78, 5) is 26.1. The molecule has 7 heteroatoms. The van der Waals surface area contributed by atoms with Gasteiger partial charge in [-0.05, 0) is 19.1 Å². The lowest BCUT2D eigenvalue weighted by molar-refractivity contribution is -0.0157. The minimum absolute atomic E-state index is 0.0467. The lowest BCUT2D eigenvalue weighted by Gasteiger charge is -2.34. The van der Waals surface area contributed by atoms with Gasteiger partial charge in [0.2, 0.25) is 0 Å². The molecule has 130 valence electrons. The van der Waals surface area contributed by atoms with E-state index in [2.05, 4.69) is 25.5 Å². The summed E-state index contributed by atoms with van der Waals surface area (Å²) in [6.07, 6.45) is 0. The standard InChI is InChI=1S/C18H21N5O2/c1-12-19-14(9-18(24)20-12)16-11-25-8-7-23(16)10-17-21-13-5-3-4-6-15(13)22(17)2/h3-6,9,16H,7-8,10-11H2,1-2H3,(H,19,20,24)/t16-/m0/s1. The van der Waals surface area contributed by atoms with Gasteiger partial charge in [-0.3, -0.25) is 9.69 Å². The Balaban J connectivity index is 1.66. The quantitative estimate of drug-likeness (QED) is 0.783. The third-order valence-electron chi connectivity index (χ3n) is 4.68. The van der Waals surface area contributed by atoms with E-state index in [1.54, 1.807) is 13.0 Å². The van der Waals surface area contributed by atoms with E-state index in [0.29, 0.717) is 25.6 Å². The SMILES string of the molecule is Cc1nc([C@@H]2COCCN2Cc2nc3ccccc3n2C)cc(=O)[nH]1. The van der Waals surface area contributed by atoms with E-state index < -0.39 is 0 Å². The van der Waals surface area contributed by atoms with Gasteiger partial charge >= 0.3 is 0 Å². The molecule has 0 spiro atoms. The van der Waals surface area contributed by atoms with Crippen LogP contribution in [0.15, 0.2) is 35.1 Å². The third-order valence-corrected chi connectivity index (χ3v) is 4.68. The molecule has 0 radical (unpaired) electrons. The Morgan fingerprint density at radius 3 is 2.96 bits per heavy atom. The van der Waals surface area contributed by atoms with Crippen molar-refractivity contribution in [2.45, 2.75) is 19.5 Å². The Morgan fingerprint density at radius 2 is 2.16 bits per heavy atom. The monoisotopic (exact) mass is 339 g/mol. The highest BCUT2D eigenvalue weighted by Crippen LogP contribution is 2.25. The molecule has 7 nitrogen and oxygen atoms in total. The summed E-state index contributed by atoms with van der Waals surface area (Å²) in [7, 11) is 2.04. The molecular weight excluding hydrogens is 318 g/mol. The zero-order valence-electron chi connectivity index (χ0n) is 14.4. The second kappa shape index (κ2) is 6.42. The molecule has 2 aromatic heterocycles. The number of aryl methyl sites for hydroxylation is 2. The number of fused-ring (bicyclic) bond motifs is 1. The summed E-state index contributed by atoms with van der Waals surface area (Å²) in [5.74, 6) is 1.62. The van der Waals surface area contributed by atoms with E-state index in [0.717, 1.165) is 29.1 Å². The summed E-state index contributed by atoms with van der Waals surface area (Å²) >= 11 is 0. The largest absolute Gasteiger partial charge is 0.378 e. The van der Waals surface area contributed by atoms with E-state index in [-0.39, 0.29) is 11.6 Å². The maximum absolute atomic E-state index is 11.8. The number of para-hydroxylation sites is 2. The van der Waals surface area contributed by atoms with Crippen LogP contribution in [0.4, 0.5) is 0 Å². The minimum Gasteiger partial charge on any atom is -0.378 e. The number of ether oxygens (including phenoxy) is 1. The molecule has 0 aliphatic carbocycles. The Labute approximate surface area is 145 Å². The first-order chi connectivity index (χ1) is 12.1. The molecule has 1 atom stereocenters. The molecule has 25 heavy (non-hydrogen) atoms. The summed E-state index contributed by atoms with van der Waals surface area (Å²) < 4.78 is 7.78. The maximum atomic E-state index is 11.8. The predicted molar refractivity (Wildman–Crippen MR) is 94.3 cm³/mol. The van der Waals surface area contributed by atoms with Crippen LogP contribution in [-0.4, -0.2) is 44.2 Å². The second-order valence-electron chi connectivity index (χ2n) is 6.39. The average Bonchev–Trinajstić information content (AvgIpc) is 2.91. The van der Waals surface area contributed by atoms with Crippen molar-refractivity contribution < 1.29 is 4.74 Å². The van der Waals surface area contributed by atoms with Gasteiger partial charge in [0.1, 0.15) is 11.6 Å². The van der Waals surface area contributed by atoms with Crippen molar-refractivity contribution in [1.29, 1.82) is 0 Å². The number of nitrogens with one attached hydrogen (secondary N) is 1. The Hall–Kier alpha value is -2.51. The second-order valence-corrected chi connectivity index (χ2v) is 6.39. The van der Waals surface area contributed by atoms with Gasteiger partial charge in [-0.2, -0.15) is 0 Å². The Kier molecular flexibility index (Phi) is 4.10. The lowest BCUT2D eigenvalue weighted by atomic mass is 10.1. The normalized spacial score (nSPS) is 18.7. The first-order valence-corrected chi connectivity index (χ1v) is 8.42. The number of H-pyrrole nitrogens is 1. The zero-order chi connectivity index (χ0) is 17.4. The smallest absolute Gasteiger partial charge is 0.251 e. The first-order valence-electron chi connectivity index (χ1n) is 8.42. The van der Waals surface area contributed by atoms with Gasteiger partial charge in [-0.25, -0.2) is 9.97 Å². The molecule has 0 unspecified atom stereocenters. The van der Waals surface area contributed by atoms with Crippen LogP contribution < -0.4 is 5.56 Å². The molecule has 0 saturated carbocycles. The van der Waals surface area contributed by atoms with Crippen molar-refractivity contribution in [1.82, 2.24) is 24.4 Å². The molecule has 1 fully saturated rings. The topological polar surface area (TPSA) is 76.0 Å². The Morgan fingerprint density at radius 1 is 1.32 bits per heavy atom. The van der Waals surface area contributed by atoms with Crippen LogP contribution in [0.2, 0.25) is 0 Å². The number of aromatic amines is 1. The summed E-state index contributed by atoms with van der Waals surface area (Å²) in [5.41, 5.74) is 2.73. The lowest BCUT2D eigenvalue weighted by Crippen LogP contribution is -2.40. The van der Waals surface area contributed by atoms with Crippen LogP contribution in [0.1, 0.15) is 23.4 Å². The molecule has 3 aromatic rings. The molecular formula is C18H21N5O2. The summed E-state index contributed by atoms with van der Waals surface area (Å²) in [6.45, 7) is 4.46. The number of benzene rings is 1. The molecule has 0 amide bonds. The summed E-state index contributed by atoms with van der Waals surface area (Å²) in [5, 5.41) is 0. The number of morpholine rings is 1. The number of aromatic nitrogens is 4. The van der Waals surface area contributed by atoms with Gasteiger partial charge in [0.25, 0.3) is 5.56 Å². The molecule has 1 aliphatic rings. The van der Waals surface area contributed by atoms with Crippen LogP contribution in [-0.2, 0) is 18.3 Å².